The number of ether oxygens (including phenoxy) is 1. The Labute approximate surface area is 175 Å². The van der Waals surface area contributed by atoms with Crippen molar-refractivity contribution in [2.75, 3.05) is 19.7 Å². The van der Waals surface area contributed by atoms with Gasteiger partial charge in [0.2, 0.25) is 5.91 Å². The van der Waals surface area contributed by atoms with Gasteiger partial charge in [-0.2, -0.15) is 0 Å². The third-order valence-electron chi connectivity index (χ3n) is 6.19. The highest BCUT2D eigenvalue weighted by Crippen LogP contribution is 2.33. The number of piperazine rings is 1. The molecule has 1 heterocycles. The summed E-state index contributed by atoms with van der Waals surface area (Å²) in [4.78, 5) is 30.3. The molecular formula is C24H36N2O3. The second-order valence-electron chi connectivity index (χ2n) is 8.37. The standard InChI is InChI=1S/C24H36N2O3/c1-3-5-16-25-22(27)18-26(20-10-8-7-9-11-20)24(28)23(25)19-12-14-21(15-13-19)29-17-6-4-2/h12-15,20,23H,3-11,16-18H2,1-2H3/t23-/m1/s1. The average molecular weight is 401 g/mol. The van der Waals surface area contributed by atoms with Crippen LogP contribution in [-0.2, 0) is 9.59 Å². The molecule has 0 spiro atoms. The topological polar surface area (TPSA) is 49.9 Å². The van der Waals surface area contributed by atoms with E-state index in [4.69, 9.17) is 4.74 Å². The molecule has 0 unspecified atom stereocenters. The number of amides is 2. The molecule has 1 aliphatic heterocycles. The van der Waals surface area contributed by atoms with E-state index in [1.165, 1.54) is 6.42 Å². The van der Waals surface area contributed by atoms with E-state index in [0.717, 1.165) is 62.7 Å². The Morgan fingerprint density at radius 2 is 1.66 bits per heavy atom. The van der Waals surface area contributed by atoms with Gasteiger partial charge in [-0.05, 0) is 43.4 Å². The van der Waals surface area contributed by atoms with E-state index >= 15 is 0 Å². The van der Waals surface area contributed by atoms with Gasteiger partial charge in [-0.1, -0.05) is 58.1 Å². The number of hydrogen-bond donors (Lipinski definition) is 0. The Kier molecular flexibility index (Phi) is 7.96. The fraction of sp³-hybridized carbons (Fsp3) is 0.667. The molecule has 29 heavy (non-hydrogen) atoms. The largest absolute Gasteiger partial charge is 0.494 e. The molecule has 1 saturated heterocycles. The fourth-order valence-corrected chi connectivity index (χ4v) is 4.44. The van der Waals surface area contributed by atoms with E-state index in [1.54, 1.807) is 4.90 Å². The van der Waals surface area contributed by atoms with Crippen molar-refractivity contribution in [2.45, 2.75) is 83.7 Å². The van der Waals surface area contributed by atoms with Gasteiger partial charge in [-0.25, -0.2) is 0 Å². The first-order valence-electron chi connectivity index (χ1n) is 11.5. The van der Waals surface area contributed by atoms with Crippen molar-refractivity contribution in [1.29, 1.82) is 0 Å². The van der Waals surface area contributed by atoms with Crippen LogP contribution in [0.15, 0.2) is 24.3 Å². The van der Waals surface area contributed by atoms with Gasteiger partial charge >= 0.3 is 0 Å². The zero-order valence-corrected chi connectivity index (χ0v) is 18.1. The van der Waals surface area contributed by atoms with Crippen LogP contribution in [0.4, 0.5) is 0 Å². The van der Waals surface area contributed by atoms with Gasteiger partial charge < -0.3 is 14.5 Å². The molecule has 160 valence electrons. The lowest BCUT2D eigenvalue weighted by Gasteiger charge is -2.44. The molecule has 2 fully saturated rings. The third-order valence-corrected chi connectivity index (χ3v) is 6.19. The highest BCUT2D eigenvalue weighted by atomic mass is 16.5. The van der Waals surface area contributed by atoms with Crippen molar-refractivity contribution in [3.05, 3.63) is 29.8 Å². The number of carbonyl (C=O) groups excluding carboxylic acids is 2. The van der Waals surface area contributed by atoms with Crippen LogP contribution in [0.2, 0.25) is 0 Å². The Hall–Kier alpha value is -2.04. The zero-order chi connectivity index (χ0) is 20.6. The molecule has 1 aromatic carbocycles. The number of benzene rings is 1. The molecule has 0 aromatic heterocycles. The smallest absolute Gasteiger partial charge is 0.250 e. The molecule has 1 atom stereocenters. The summed E-state index contributed by atoms with van der Waals surface area (Å²) in [6.07, 6.45) is 9.61. The van der Waals surface area contributed by atoms with Crippen molar-refractivity contribution in [2.24, 2.45) is 0 Å². The molecule has 2 amide bonds. The highest BCUT2D eigenvalue weighted by molar-refractivity contribution is 5.95. The Morgan fingerprint density at radius 1 is 0.966 bits per heavy atom. The first kappa shape index (κ1) is 21.7. The Bertz CT molecular complexity index is 667. The normalized spacial score (nSPS) is 21.0. The summed E-state index contributed by atoms with van der Waals surface area (Å²) in [7, 11) is 0. The maximum atomic E-state index is 13.5. The monoisotopic (exact) mass is 400 g/mol. The number of carbonyl (C=O) groups is 2. The van der Waals surface area contributed by atoms with Crippen molar-refractivity contribution in [3.8, 4) is 5.75 Å². The number of rotatable bonds is 9. The van der Waals surface area contributed by atoms with E-state index in [0.29, 0.717) is 13.2 Å². The Balaban J connectivity index is 1.81. The molecular weight excluding hydrogens is 364 g/mol. The van der Waals surface area contributed by atoms with Crippen LogP contribution in [0, 0.1) is 0 Å². The van der Waals surface area contributed by atoms with Gasteiger partial charge in [0.15, 0.2) is 0 Å². The van der Waals surface area contributed by atoms with Crippen LogP contribution in [-0.4, -0.2) is 47.4 Å². The van der Waals surface area contributed by atoms with Crippen molar-refractivity contribution < 1.29 is 14.3 Å². The van der Waals surface area contributed by atoms with E-state index in [9.17, 15) is 9.59 Å². The molecule has 5 nitrogen and oxygen atoms in total. The van der Waals surface area contributed by atoms with Gasteiger partial charge in [0.1, 0.15) is 18.3 Å². The first-order valence-corrected chi connectivity index (χ1v) is 11.5. The lowest BCUT2D eigenvalue weighted by Crippen LogP contribution is -2.58. The quantitative estimate of drug-likeness (QED) is 0.564. The van der Waals surface area contributed by atoms with Gasteiger partial charge in [0.05, 0.1) is 6.61 Å². The molecule has 0 radical (unpaired) electrons. The molecule has 0 bridgehead atoms. The average Bonchev–Trinajstić information content (AvgIpc) is 2.75. The minimum atomic E-state index is -0.505. The van der Waals surface area contributed by atoms with Crippen LogP contribution in [0.25, 0.3) is 0 Å². The second kappa shape index (κ2) is 10.7. The van der Waals surface area contributed by atoms with Gasteiger partial charge in [0.25, 0.3) is 5.91 Å². The predicted octanol–water partition coefficient (Wildman–Crippen LogP) is 4.71. The first-order chi connectivity index (χ1) is 14.2. The van der Waals surface area contributed by atoms with Crippen LogP contribution >= 0.6 is 0 Å². The maximum absolute atomic E-state index is 13.5. The summed E-state index contributed by atoms with van der Waals surface area (Å²) in [5, 5.41) is 0. The van der Waals surface area contributed by atoms with Crippen molar-refractivity contribution in [1.82, 2.24) is 9.80 Å². The molecule has 0 N–H and O–H groups in total. The summed E-state index contributed by atoms with van der Waals surface area (Å²) in [5.74, 6) is 0.991. The van der Waals surface area contributed by atoms with E-state index < -0.39 is 6.04 Å². The predicted molar refractivity (Wildman–Crippen MR) is 115 cm³/mol. The summed E-state index contributed by atoms with van der Waals surface area (Å²) in [6.45, 7) is 5.83. The number of hydrogen-bond acceptors (Lipinski definition) is 3. The summed E-state index contributed by atoms with van der Waals surface area (Å²) >= 11 is 0. The highest BCUT2D eigenvalue weighted by Gasteiger charge is 2.42. The molecule has 1 aliphatic carbocycles. The van der Waals surface area contributed by atoms with E-state index in [2.05, 4.69) is 13.8 Å². The van der Waals surface area contributed by atoms with Crippen LogP contribution in [0.1, 0.15) is 83.2 Å². The Morgan fingerprint density at radius 3 is 2.31 bits per heavy atom. The second-order valence-corrected chi connectivity index (χ2v) is 8.37. The zero-order valence-electron chi connectivity index (χ0n) is 18.1. The molecule has 2 aliphatic rings. The minimum Gasteiger partial charge on any atom is -0.494 e. The molecule has 1 saturated carbocycles. The lowest BCUT2D eigenvalue weighted by molar-refractivity contribution is -0.159. The van der Waals surface area contributed by atoms with E-state index in [1.807, 2.05) is 29.2 Å². The summed E-state index contributed by atoms with van der Waals surface area (Å²) < 4.78 is 5.77. The maximum Gasteiger partial charge on any atom is 0.250 e. The summed E-state index contributed by atoms with van der Waals surface area (Å²) in [5.41, 5.74) is 0.891. The van der Waals surface area contributed by atoms with Gasteiger partial charge in [0, 0.05) is 12.6 Å². The van der Waals surface area contributed by atoms with E-state index in [-0.39, 0.29) is 24.4 Å². The molecule has 5 heteroatoms. The van der Waals surface area contributed by atoms with Crippen LogP contribution < -0.4 is 4.74 Å². The minimum absolute atomic E-state index is 0.0805. The fourth-order valence-electron chi connectivity index (χ4n) is 4.44. The third kappa shape index (κ3) is 5.31. The number of nitrogens with zero attached hydrogens (tertiary/aromatic N) is 2. The van der Waals surface area contributed by atoms with Crippen molar-refractivity contribution in [3.63, 3.8) is 0 Å². The molecule has 1 aromatic rings. The van der Waals surface area contributed by atoms with Crippen molar-refractivity contribution >= 4 is 11.8 Å². The van der Waals surface area contributed by atoms with Gasteiger partial charge in [-0.15, -0.1) is 0 Å². The number of unbranched alkanes of at least 4 members (excludes halogenated alkanes) is 2. The SMILES string of the molecule is CCCCOc1ccc([C@@H]2C(=O)N(C3CCCCC3)CC(=O)N2CCCC)cc1. The molecule has 3 rings (SSSR count). The van der Waals surface area contributed by atoms with Crippen LogP contribution in [0.3, 0.4) is 0 Å². The summed E-state index contributed by atoms with van der Waals surface area (Å²) in [6, 6.07) is 7.49. The van der Waals surface area contributed by atoms with Gasteiger partial charge in [-0.3, -0.25) is 9.59 Å². The van der Waals surface area contributed by atoms with Crippen LogP contribution in [0.5, 0.6) is 5.75 Å². The lowest BCUT2D eigenvalue weighted by atomic mass is 9.91.